The van der Waals surface area contributed by atoms with Crippen molar-refractivity contribution in [2.45, 2.75) is 20.3 Å². The first kappa shape index (κ1) is 19.3. The summed E-state index contributed by atoms with van der Waals surface area (Å²) < 4.78 is 10.8. The highest BCUT2D eigenvalue weighted by Gasteiger charge is 2.16. The van der Waals surface area contributed by atoms with Gasteiger partial charge in [-0.25, -0.2) is 9.59 Å². The van der Waals surface area contributed by atoms with Gasteiger partial charge in [-0.3, -0.25) is 0 Å². The minimum Gasteiger partial charge on any atom is -0.422 e. The maximum Gasteiger partial charge on any atom is 0.414 e. The van der Waals surface area contributed by atoms with Crippen LogP contribution in [0.3, 0.4) is 0 Å². The molecule has 0 saturated carbocycles. The lowest BCUT2D eigenvalue weighted by Crippen LogP contribution is -2.25. The molecule has 0 spiro atoms. The van der Waals surface area contributed by atoms with E-state index >= 15 is 0 Å². The second-order valence-electron chi connectivity index (χ2n) is 6.81. The highest BCUT2D eigenvalue weighted by atomic mass is 16.6. The highest BCUT2D eigenvalue weighted by molar-refractivity contribution is 5.84. The van der Waals surface area contributed by atoms with Gasteiger partial charge in [0.1, 0.15) is 17.0 Å². The van der Waals surface area contributed by atoms with E-state index in [2.05, 4.69) is 5.18 Å². The van der Waals surface area contributed by atoms with Crippen molar-refractivity contribution in [3.05, 3.63) is 74.0 Å². The average molecular weight is 380 g/mol. The van der Waals surface area contributed by atoms with Crippen molar-refractivity contribution >= 4 is 22.7 Å². The van der Waals surface area contributed by atoms with Gasteiger partial charge in [-0.1, -0.05) is 12.1 Å². The van der Waals surface area contributed by atoms with Crippen molar-refractivity contribution in [3.63, 3.8) is 0 Å². The summed E-state index contributed by atoms with van der Waals surface area (Å²) in [6, 6.07) is 10.2. The van der Waals surface area contributed by atoms with E-state index in [9.17, 15) is 14.5 Å². The summed E-state index contributed by atoms with van der Waals surface area (Å²) in [7, 11) is 3.18. The zero-order chi connectivity index (χ0) is 20.4. The SMILES string of the molecule is Cc1cc2c(C)c(Cc3cccc(N=O)c3)c(=O)oc2cc1OC(=O)N(C)C. The maximum atomic E-state index is 12.6. The Morgan fingerprint density at radius 2 is 1.93 bits per heavy atom. The summed E-state index contributed by atoms with van der Waals surface area (Å²) in [5.74, 6) is 0.339. The smallest absolute Gasteiger partial charge is 0.414 e. The maximum absolute atomic E-state index is 12.6. The number of hydrogen-bond acceptors (Lipinski definition) is 6. The zero-order valence-corrected chi connectivity index (χ0v) is 16.1. The fourth-order valence-corrected chi connectivity index (χ4v) is 2.95. The number of carbonyl (C=O) groups excluding carboxylic acids is 1. The van der Waals surface area contributed by atoms with E-state index in [1.807, 2.05) is 26.0 Å². The molecule has 28 heavy (non-hydrogen) atoms. The number of nitroso groups, excluding NO2 is 1. The minimum absolute atomic E-state index is 0.309. The molecule has 1 aromatic heterocycles. The first-order valence-electron chi connectivity index (χ1n) is 8.68. The number of aryl methyl sites for hydroxylation is 2. The van der Waals surface area contributed by atoms with Gasteiger partial charge in [0.2, 0.25) is 0 Å². The summed E-state index contributed by atoms with van der Waals surface area (Å²) >= 11 is 0. The molecule has 7 heteroatoms. The Balaban J connectivity index is 2.06. The number of fused-ring (bicyclic) bond motifs is 1. The Labute approximate surface area is 161 Å². The molecule has 7 nitrogen and oxygen atoms in total. The van der Waals surface area contributed by atoms with Crippen molar-refractivity contribution in [1.29, 1.82) is 0 Å². The molecular formula is C21H20N2O5. The lowest BCUT2D eigenvalue weighted by atomic mass is 9.98. The van der Waals surface area contributed by atoms with E-state index in [1.165, 1.54) is 4.90 Å². The van der Waals surface area contributed by atoms with Crippen LogP contribution in [-0.4, -0.2) is 25.1 Å². The van der Waals surface area contributed by atoms with Crippen LogP contribution in [-0.2, 0) is 6.42 Å². The lowest BCUT2D eigenvalue weighted by Gasteiger charge is -2.14. The molecule has 1 amide bonds. The first-order chi connectivity index (χ1) is 13.3. The number of ether oxygens (including phenoxy) is 1. The molecule has 2 aromatic carbocycles. The van der Waals surface area contributed by atoms with E-state index < -0.39 is 11.7 Å². The monoisotopic (exact) mass is 380 g/mol. The number of rotatable bonds is 4. The third-order valence-electron chi connectivity index (χ3n) is 4.54. The molecule has 1 heterocycles. The van der Waals surface area contributed by atoms with Gasteiger partial charge >= 0.3 is 11.7 Å². The molecule has 0 aliphatic rings. The van der Waals surface area contributed by atoms with Crippen molar-refractivity contribution < 1.29 is 13.9 Å². The third kappa shape index (κ3) is 3.78. The van der Waals surface area contributed by atoms with Gasteiger partial charge in [-0.15, -0.1) is 4.91 Å². The Bertz CT molecular complexity index is 1130. The lowest BCUT2D eigenvalue weighted by molar-refractivity contribution is 0.171. The predicted octanol–water partition coefficient (Wildman–Crippen LogP) is 4.46. The Kier molecular flexibility index (Phi) is 5.26. The number of hydrogen-bond donors (Lipinski definition) is 0. The standard InChI is InChI=1S/C21H20N2O5/c1-12-8-16-13(2)17(10-14-6-5-7-15(9-14)22-26)20(24)27-19(16)11-18(12)28-21(25)23(3)4/h5-9,11H,10H2,1-4H3. The normalized spacial score (nSPS) is 10.7. The van der Waals surface area contributed by atoms with E-state index in [0.29, 0.717) is 29.0 Å². The molecule has 0 bridgehead atoms. The second kappa shape index (κ2) is 7.64. The second-order valence-corrected chi connectivity index (χ2v) is 6.81. The fraction of sp³-hybridized carbons (Fsp3) is 0.238. The molecule has 0 N–H and O–H groups in total. The zero-order valence-electron chi connectivity index (χ0n) is 16.1. The van der Waals surface area contributed by atoms with Gasteiger partial charge in [0.15, 0.2) is 0 Å². The van der Waals surface area contributed by atoms with Crippen LogP contribution in [0.4, 0.5) is 10.5 Å². The van der Waals surface area contributed by atoms with Crippen molar-refractivity contribution in [1.82, 2.24) is 4.90 Å². The molecular weight excluding hydrogens is 360 g/mol. The molecule has 0 radical (unpaired) electrons. The highest BCUT2D eigenvalue weighted by Crippen LogP contribution is 2.29. The summed E-state index contributed by atoms with van der Waals surface area (Å²) in [5.41, 5.74) is 3.02. The summed E-state index contributed by atoms with van der Waals surface area (Å²) in [6.07, 6.45) is -0.189. The van der Waals surface area contributed by atoms with E-state index in [0.717, 1.165) is 22.1 Å². The van der Waals surface area contributed by atoms with Gasteiger partial charge in [-0.2, -0.15) is 0 Å². The van der Waals surface area contributed by atoms with Gasteiger partial charge in [0.25, 0.3) is 0 Å². The molecule has 0 aliphatic carbocycles. The molecule has 3 rings (SSSR count). The third-order valence-corrected chi connectivity index (χ3v) is 4.54. The summed E-state index contributed by atoms with van der Waals surface area (Å²) in [4.78, 5) is 36.5. The van der Waals surface area contributed by atoms with Crippen LogP contribution in [0.5, 0.6) is 5.75 Å². The van der Waals surface area contributed by atoms with Gasteiger partial charge in [0, 0.05) is 37.5 Å². The number of amides is 1. The number of nitrogens with zero attached hydrogens (tertiary/aromatic N) is 2. The van der Waals surface area contributed by atoms with Crippen LogP contribution in [0.15, 0.2) is 50.8 Å². The van der Waals surface area contributed by atoms with Gasteiger partial charge in [0.05, 0.1) is 0 Å². The molecule has 0 fully saturated rings. The summed E-state index contributed by atoms with van der Waals surface area (Å²) in [6.45, 7) is 3.67. The van der Waals surface area contributed by atoms with E-state index in [-0.39, 0.29) is 0 Å². The molecule has 0 saturated heterocycles. The predicted molar refractivity (Wildman–Crippen MR) is 106 cm³/mol. The molecule has 0 atom stereocenters. The Morgan fingerprint density at radius 3 is 2.61 bits per heavy atom. The largest absolute Gasteiger partial charge is 0.422 e. The number of carbonyl (C=O) groups is 1. The van der Waals surface area contributed by atoms with Crippen LogP contribution in [0.1, 0.15) is 22.3 Å². The van der Waals surface area contributed by atoms with E-state index in [1.54, 1.807) is 38.4 Å². The molecule has 144 valence electrons. The fourth-order valence-electron chi connectivity index (χ4n) is 2.95. The molecule has 0 aliphatic heterocycles. The minimum atomic E-state index is -0.512. The average Bonchev–Trinajstić information content (AvgIpc) is 2.66. The van der Waals surface area contributed by atoms with Crippen LogP contribution < -0.4 is 10.4 Å². The Hall–Kier alpha value is -3.48. The first-order valence-corrected chi connectivity index (χ1v) is 8.68. The van der Waals surface area contributed by atoms with Gasteiger partial charge < -0.3 is 14.1 Å². The van der Waals surface area contributed by atoms with Crippen LogP contribution >= 0.6 is 0 Å². The van der Waals surface area contributed by atoms with Crippen molar-refractivity contribution in [2.75, 3.05) is 14.1 Å². The molecule has 0 unspecified atom stereocenters. The Morgan fingerprint density at radius 1 is 1.18 bits per heavy atom. The summed E-state index contributed by atoms with van der Waals surface area (Å²) in [5, 5.41) is 3.69. The van der Waals surface area contributed by atoms with E-state index in [4.69, 9.17) is 9.15 Å². The van der Waals surface area contributed by atoms with Crippen molar-refractivity contribution in [3.8, 4) is 5.75 Å². The topological polar surface area (TPSA) is 89.2 Å². The van der Waals surface area contributed by atoms with Crippen molar-refractivity contribution in [2.24, 2.45) is 5.18 Å². The van der Waals surface area contributed by atoms with Gasteiger partial charge in [-0.05, 0) is 53.9 Å². The quantitative estimate of drug-likeness (QED) is 0.492. The van der Waals surface area contributed by atoms with Crippen LogP contribution in [0.25, 0.3) is 11.0 Å². The number of benzene rings is 2. The van der Waals surface area contributed by atoms with Crippen LogP contribution in [0, 0.1) is 18.8 Å². The molecule has 3 aromatic rings. The van der Waals surface area contributed by atoms with Crippen LogP contribution in [0.2, 0.25) is 0 Å².